The molecule has 1 aromatic heterocycles. The Morgan fingerprint density at radius 3 is 2.23 bits per heavy atom. The molecule has 2 aliphatic heterocycles. The van der Waals surface area contributed by atoms with Gasteiger partial charge in [0.15, 0.2) is 12.3 Å². The number of thiophene rings is 1. The summed E-state index contributed by atoms with van der Waals surface area (Å²) in [6.45, 7) is 7.28. The van der Waals surface area contributed by atoms with E-state index in [0.29, 0.717) is 19.6 Å². The van der Waals surface area contributed by atoms with Crippen LogP contribution in [-0.4, -0.2) is 73.2 Å². The van der Waals surface area contributed by atoms with E-state index in [9.17, 15) is 14.4 Å². The molecule has 0 unspecified atom stereocenters. The fourth-order valence-corrected chi connectivity index (χ4v) is 4.46. The van der Waals surface area contributed by atoms with E-state index >= 15 is 0 Å². The number of nitrogens with one attached hydrogen (secondary N) is 1. The van der Waals surface area contributed by atoms with Crippen LogP contribution in [0.5, 0.6) is 0 Å². The molecule has 0 radical (unpaired) electrons. The molecule has 1 aromatic rings. The molecule has 0 spiro atoms. The Bertz CT molecular complexity index is 659. The molecule has 0 saturated carbocycles. The summed E-state index contributed by atoms with van der Waals surface area (Å²) in [5.41, 5.74) is 0. The van der Waals surface area contributed by atoms with Crippen LogP contribution in [-0.2, 0) is 9.59 Å². The van der Waals surface area contributed by atoms with Gasteiger partial charge in [-0.05, 0) is 31.9 Å². The largest absolute Gasteiger partial charge is 0.338 e. The molecule has 0 atom stereocenters. The lowest BCUT2D eigenvalue weighted by molar-refractivity contribution is -0.896. The van der Waals surface area contributed by atoms with Crippen molar-refractivity contribution in [2.75, 3.05) is 45.8 Å². The number of quaternary nitrogens is 1. The van der Waals surface area contributed by atoms with Gasteiger partial charge in [-0.15, -0.1) is 11.3 Å². The summed E-state index contributed by atoms with van der Waals surface area (Å²) in [6.07, 6.45) is 2.79. The van der Waals surface area contributed by atoms with Gasteiger partial charge >= 0.3 is 0 Å². The lowest BCUT2D eigenvalue weighted by Gasteiger charge is -2.32. The molecule has 6 nitrogen and oxygen atoms in total. The summed E-state index contributed by atoms with van der Waals surface area (Å²) in [5, 5.41) is 0. The van der Waals surface area contributed by atoms with E-state index in [1.54, 1.807) is 0 Å². The zero-order chi connectivity index (χ0) is 18.5. The van der Waals surface area contributed by atoms with Crippen molar-refractivity contribution in [2.45, 2.75) is 32.6 Å². The number of Topliss-reactive ketones (excluding diaryl/α,β-unsaturated/α-hetero) is 1. The first-order valence-electron chi connectivity index (χ1n) is 9.51. The van der Waals surface area contributed by atoms with Gasteiger partial charge < -0.3 is 14.7 Å². The number of piperazine rings is 1. The second-order valence-corrected chi connectivity index (χ2v) is 8.52. The maximum Gasteiger partial charge on any atom is 0.277 e. The standard InChI is InChI=1S/C19H27N3O3S/c1-15-4-6-17(26-15)16(23)5-7-18(24)22-12-10-20(11-13-22)14-19(25)21-8-2-3-9-21/h4,6H,2-3,5,7-14H2,1H3/p+1. The Morgan fingerprint density at radius 2 is 1.62 bits per heavy atom. The Kier molecular flexibility index (Phi) is 6.43. The molecule has 3 heterocycles. The van der Waals surface area contributed by atoms with Gasteiger partial charge in [0, 0.05) is 30.8 Å². The number of aryl methyl sites for hydroxylation is 1. The van der Waals surface area contributed by atoms with Gasteiger partial charge in [-0.25, -0.2) is 0 Å². The maximum absolute atomic E-state index is 12.4. The van der Waals surface area contributed by atoms with E-state index in [4.69, 9.17) is 0 Å². The number of amides is 2. The van der Waals surface area contributed by atoms with Crippen LogP contribution >= 0.6 is 11.3 Å². The first-order chi connectivity index (χ1) is 12.5. The first kappa shape index (κ1) is 19.0. The van der Waals surface area contributed by atoms with Gasteiger partial charge in [0.1, 0.15) is 0 Å². The molecule has 2 fully saturated rings. The first-order valence-corrected chi connectivity index (χ1v) is 10.3. The molecule has 0 bridgehead atoms. The van der Waals surface area contributed by atoms with Crippen LogP contribution in [0.3, 0.4) is 0 Å². The monoisotopic (exact) mass is 378 g/mol. The third kappa shape index (κ3) is 4.92. The molecule has 26 heavy (non-hydrogen) atoms. The smallest absolute Gasteiger partial charge is 0.277 e. The molecule has 0 aromatic carbocycles. The predicted octanol–water partition coefficient (Wildman–Crippen LogP) is 0.369. The second-order valence-electron chi connectivity index (χ2n) is 7.23. The van der Waals surface area contributed by atoms with Crippen LogP contribution in [0.4, 0.5) is 0 Å². The van der Waals surface area contributed by atoms with Crippen LogP contribution in [0.25, 0.3) is 0 Å². The van der Waals surface area contributed by atoms with Crippen LogP contribution in [0.15, 0.2) is 12.1 Å². The number of likely N-dealkylation sites (tertiary alicyclic amines) is 1. The number of hydrogen-bond donors (Lipinski definition) is 1. The molecule has 1 N–H and O–H groups in total. The highest BCUT2D eigenvalue weighted by Gasteiger charge is 2.28. The average Bonchev–Trinajstić information content (AvgIpc) is 3.31. The predicted molar refractivity (Wildman–Crippen MR) is 101 cm³/mol. The molecule has 2 amide bonds. The molecule has 7 heteroatoms. The Labute approximate surface area is 158 Å². The zero-order valence-corrected chi connectivity index (χ0v) is 16.3. The highest BCUT2D eigenvalue weighted by atomic mass is 32.1. The van der Waals surface area contributed by atoms with E-state index in [-0.39, 0.29) is 30.4 Å². The van der Waals surface area contributed by atoms with Crippen LogP contribution in [0.1, 0.15) is 40.2 Å². The molecular formula is C19H28N3O3S+. The fourth-order valence-electron chi connectivity index (χ4n) is 3.63. The van der Waals surface area contributed by atoms with Crippen molar-refractivity contribution in [1.82, 2.24) is 9.80 Å². The third-order valence-corrected chi connectivity index (χ3v) is 6.31. The minimum atomic E-state index is 0.0524. The molecule has 142 valence electrons. The number of hydrogen-bond acceptors (Lipinski definition) is 4. The van der Waals surface area contributed by atoms with Crippen molar-refractivity contribution >= 4 is 28.9 Å². The van der Waals surface area contributed by atoms with Crippen molar-refractivity contribution in [1.29, 1.82) is 0 Å². The lowest BCUT2D eigenvalue weighted by Crippen LogP contribution is -3.15. The van der Waals surface area contributed by atoms with Gasteiger partial charge in [0.05, 0.1) is 31.1 Å². The lowest BCUT2D eigenvalue weighted by atomic mass is 10.1. The topological polar surface area (TPSA) is 62.1 Å². The molecule has 3 rings (SSSR count). The van der Waals surface area contributed by atoms with Gasteiger partial charge in [-0.1, -0.05) is 0 Å². The highest BCUT2D eigenvalue weighted by molar-refractivity contribution is 7.14. The number of nitrogens with zero attached hydrogens (tertiary/aromatic N) is 2. The van der Waals surface area contributed by atoms with Crippen molar-refractivity contribution in [2.24, 2.45) is 0 Å². The minimum Gasteiger partial charge on any atom is -0.338 e. The minimum absolute atomic E-state index is 0.0524. The average molecular weight is 379 g/mol. The molecule has 2 aliphatic rings. The highest BCUT2D eigenvalue weighted by Crippen LogP contribution is 2.17. The Hall–Kier alpha value is -1.73. The van der Waals surface area contributed by atoms with Crippen LogP contribution in [0.2, 0.25) is 0 Å². The van der Waals surface area contributed by atoms with Crippen molar-refractivity contribution in [3.8, 4) is 0 Å². The summed E-state index contributed by atoms with van der Waals surface area (Å²) in [4.78, 5) is 43.7. The van der Waals surface area contributed by atoms with Gasteiger partial charge in [-0.2, -0.15) is 0 Å². The number of rotatable bonds is 6. The normalized spacial score (nSPS) is 18.3. The number of carbonyl (C=O) groups is 3. The zero-order valence-electron chi connectivity index (χ0n) is 15.5. The van der Waals surface area contributed by atoms with E-state index in [2.05, 4.69) is 0 Å². The van der Waals surface area contributed by atoms with Crippen molar-refractivity contribution in [3.63, 3.8) is 0 Å². The summed E-state index contributed by atoms with van der Waals surface area (Å²) >= 11 is 1.49. The summed E-state index contributed by atoms with van der Waals surface area (Å²) < 4.78 is 0. The summed E-state index contributed by atoms with van der Waals surface area (Å²) in [5.74, 6) is 0.350. The number of carbonyl (C=O) groups excluding carboxylic acids is 3. The molecule has 0 aliphatic carbocycles. The van der Waals surface area contributed by atoms with Gasteiger partial charge in [-0.3, -0.25) is 14.4 Å². The van der Waals surface area contributed by atoms with Crippen molar-refractivity contribution < 1.29 is 19.3 Å². The fraction of sp³-hybridized carbons (Fsp3) is 0.632. The van der Waals surface area contributed by atoms with E-state index in [1.807, 2.05) is 28.9 Å². The molecular weight excluding hydrogens is 350 g/mol. The van der Waals surface area contributed by atoms with Gasteiger partial charge in [0.25, 0.3) is 5.91 Å². The van der Waals surface area contributed by atoms with E-state index in [0.717, 1.165) is 48.8 Å². The number of ketones is 1. The summed E-state index contributed by atoms with van der Waals surface area (Å²) in [6, 6.07) is 3.78. The quantitative estimate of drug-likeness (QED) is 0.728. The van der Waals surface area contributed by atoms with Crippen molar-refractivity contribution in [3.05, 3.63) is 21.9 Å². The van der Waals surface area contributed by atoms with Crippen LogP contribution < -0.4 is 4.90 Å². The second kappa shape index (κ2) is 8.77. The summed E-state index contributed by atoms with van der Waals surface area (Å²) in [7, 11) is 0. The Balaban J connectivity index is 1.37. The third-order valence-electron chi connectivity index (χ3n) is 5.26. The SMILES string of the molecule is Cc1ccc(C(=O)CCC(=O)N2CC[NH+](CC(=O)N3CCCC3)CC2)s1. The van der Waals surface area contributed by atoms with E-state index in [1.165, 1.54) is 16.2 Å². The maximum atomic E-state index is 12.4. The Morgan fingerprint density at radius 1 is 0.962 bits per heavy atom. The van der Waals surface area contributed by atoms with E-state index < -0.39 is 0 Å². The van der Waals surface area contributed by atoms with Gasteiger partial charge in [0.2, 0.25) is 5.91 Å². The van der Waals surface area contributed by atoms with Crippen LogP contribution in [0, 0.1) is 6.92 Å². The molecule has 2 saturated heterocycles.